The fourth-order valence-electron chi connectivity index (χ4n) is 4.32. The minimum absolute atomic E-state index is 0.109. The number of alkyl halides is 3. The molecule has 34 heavy (non-hydrogen) atoms. The fourth-order valence-corrected chi connectivity index (χ4v) is 4.32. The first-order chi connectivity index (χ1) is 15.9. The van der Waals surface area contributed by atoms with E-state index in [4.69, 9.17) is 0 Å². The van der Waals surface area contributed by atoms with E-state index < -0.39 is 11.6 Å². The van der Waals surface area contributed by atoms with Crippen molar-refractivity contribution < 1.29 is 17.7 Å². The Kier molecular flexibility index (Phi) is 7.92. The van der Waals surface area contributed by atoms with Gasteiger partial charge in [-0.25, -0.2) is 0 Å². The van der Waals surface area contributed by atoms with Gasteiger partial charge < -0.3 is 4.48 Å². The van der Waals surface area contributed by atoms with Crippen LogP contribution in [-0.2, 0) is 5.41 Å². The fraction of sp³-hybridized carbons (Fsp3) is 0.400. The molecule has 182 valence electrons. The zero-order chi connectivity index (χ0) is 25.0. The van der Waals surface area contributed by atoms with E-state index in [1.807, 2.05) is 24.3 Å². The van der Waals surface area contributed by atoms with Crippen molar-refractivity contribution in [1.82, 2.24) is 0 Å². The van der Waals surface area contributed by atoms with Crippen molar-refractivity contribution in [3.05, 3.63) is 83.9 Å². The number of benzene rings is 3. The maximum atomic E-state index is 14.1. The number of quaternary nitrogens is 1. The number of nitrogens with zero attached hydrogens (tertiary/aromatic N) is 1. The van der Waals surface area contributed by atoms with Crippen LogP contribution in [0.3, 0.4) is 0 Å². The van der Waals surface area contributed by atoms with Crippen molar-refractivity contribution in [3.63, 3.8) is 0 Å². The molecule has 0 aliphatic carbocycles. The number of rotatable bonds is 9. The Morgan fingerprint density at radius 2 is 1.03 bits per heavy atom. The molecule has 1 nitrogen and oxygen atoms in total. The van der Waals surface area contributed by atoms with E-state index in [2.05, 4.69) is 64.5 Å². The van der Waals surface area contributed by atoms with E-state index in [9.17, 15) is 13.2 Å². The first-order valence-corrected chi connectivity index (χ1v) is 12.0. The van der Waals surface area contributed by atoms with Crippen LogP contribution in [-0.4, -0.2) is 38.3 Å². The first kappa shape index (κ1) is 26.0. The van der Waals surface area contributed by atoms with Crippen LogP contribution >= 0.6 is 0 Å². The second kappa shape index (κ2) is 10.4. The van der Waals surface area contributed by atoms with E-state index >= 15 is 0 Å². The maximum Gasteiger partial charge on any atom is 0.398 e. The van der Waals surface area contributed by atoms with Gasteiger partial charge in [-0.2, -0.15) is 13.2 Å². The molecule has 0 heterocycles. The Bertz CT molecular complexity index is 1040. The van der Waals surface area contributed by atoms with Gasteiger partial charge >= 0.3 is 6.18 Å². The van der Waals surface area contributed by atoms with Crippen LogP contribution in [0.1, 0.15) is 43.7 Å². The molecule has 1 atom stereocenters. The number of halogens is 3. The molecule has 0 N–H and O–H groups in total. The van der Waals surface area contributed by atoms with Gasteiger partial charge in [-0.05, 0) is 60.9 Å². The summed E-state index contributed by atoms with van der Waals surface area (Å²) in [6.45, 7) is 4.38. The third-order valence-corrected chi connectivity index (χ3v) is 6.76. The average Bonchev–Trinajstić information content (AvgIpc) is 2.78. The van der Waals surface area contributed by atoms with Crippen molar-refractivity contribution in [1.29, 1.82) is 0 Å². The summed E-state index contributed by atoms with van der Waals surface area (Å²) in [5.74, 6) is 0. The van der Waals surface area contributed by atoms with Gasteiger partial charge in [-0.3, -0.25) is 0 Å². The van der Waals surface area contributed by atoms with Crippen LogP contribution in [0.25, 0.3) is 22.3 Å². The Morgan fingerprint density at radius 3 is 1.44 bits per heavy atom. The predicted octanol–water partition coefficient (Wildman–Crippen LogP) is 8.42. The van der Waals surface area contributed by atoms with Gasteiger partial charge in [0.05, 0.1) is 33.1 Å². The molecule has 4 heteroatoms. The lowest BCUT2D eigenvalue weighted by Crippen LogP contribution is -2.39. The monoisotopic (exact) mass is 468 g/mol. The third kappa shape index (κ3) is 6.50. The number of hydrogen-bond donors (Lipinski definition) is 0. The molecule has 0 saturated carbocycles. The van der Waals surface area contributed by atoms with Crippen molar-refractivity contribution in [2.45, 2.75) is 51.1 Å². The summed E-state index contributed by atoms with van der Waals surface area (Å²) in [5, 5.41) is 0. The molecule has 0 aliphatic heterocycles. The van der Waals surface area contributed by atoms with Gasteiger partial charge in [-0.15, -0.1) is 0 Å². The van der Waals surface area contributed by atoms with Gasteiger partial charge in [0.25, 0.3) is 0 Å². The summed E-state index contributed by atoms with van der Waals surface area (Å²) in [7, 11) is 6.33. The Balaban J connectivity index is 1.72. The SMILES string of the molecule is Cc1ccc(-c2ccc(-c3ccc(C(C)(CCCCC[N+](C)(C)C)C(F)(F)F)cc3)cc2)cc1. The molecule has 0 bridgehead atoms. The van der Waals surface area contributed by atoms with Gasteiger partial charge in [0.1, 0.15) is 0 Å². The average molecular weight is 469 g/mol. The summed E-state index contributed by atoms with van der Waals surface area (Å²) < 4.78 is 43.3. The largest absolute Gasteiger partial charge is 0.398 e. The summed E-state index contributed by atoms with van der Waals surface area (Å²) >= 11 is 0. The van der Waals surface area contributed by atoms with Crippen molar-refractivity contribution in [3.8, 4) is 22.3 Å². The predicted molar refractivity (Wildman–Crippen MR) is 137 cm³/mol. The van der Waals surface area contributed by atoms with Crippen LogP contribution < -0.4 is 0 Å². The van der Waals surface area contributed by atoms with E-state index in [0.717, 1.165) is 46.1 Å². The smallest absolute Gasteiger partial charge is 0.331 e. The third-order valence-electron chi connectivity index (χ3n) is 6.76. The highest BCUT2D eigenvalue weighted by atomic mass is 19.4. The number of aryl methyl sites for hydroxylation is 1. The molecule has 0 amide bonds. The summed E-state index contributed by atoms with van der Waals surface area (Å²) in [4.78, 5) is 0. The summed E-state index contributed by atoms with van der Waals surface area (Å²) in [5.41, 5.74) is 3.91. The van der Waals surface area contributed by atoms with E-state index in [-0.39, 0.29) is 6.42 Å². The Hall–Kier alpha value is -2.59. The zero-order valence-electron chi connectivity index (χ0n) is 21.0. The van der Waals surface area contributed by atoms with E-state index in [1.54, 1.807) is 12.1 Å². The summed E-state index contributed by atoms with van der Waals surface area (Å²) in [6, 6.07) is 23.5. The quantitative estimate of drug-likeness (QED) is 0.218. The Labute approximate surface area is 202 Å². The second-order valence-corrected chi connectivity index (χ2v) is 10.7. The lowest BCUT2D eigenvalue weighted by Gasteiger charge is -2.33. The highest BCUT2D eigenvalue weighted by Crippen LogP contribution is 2.45. The minimum Gasteiger partial charge on any atom is -0.331 e. The molecule has 0 fully saturated rings. The van der Waals surface area contributed by atoms with E-state index in [1.165, 1.54) is 12.5 Å². The number of unbranched alkanes of at least 4 members (excludes halogenated alkanes) is 2. The lowest BCUT2D eigenvalue weighted by molar-refractivity contribution is -0.870. The van der Waals surface area contributed by atoms with E-state index in [0.29, 0.717) is 12.0 Å². The van der Waals surface area contributed by atoms with Gasteiger partial charge in [0.15, 0.2) is 0 Å². The van der Waals surface area contributed by atoms with Crippen molar-refractivity contribution in [2.75, 3.05) is 27.7 Å². The first-order valence-electron chi connectivity index (χ1n) is 12.0. The standard InChI is InChI=1S/C30H37F3N/c1-23-9-11-24(12-10-23)25-13-15-26(16-14-25)27-17-19-28(20-18-27)29(2,30(31,32)33)21-7-6-8-22-34(3,4)5/h9-20H,6-8,21-22H2,1-5H3/q+1. The van der Waals surface area contributed by atoms with Crippen LogP contribution in [0.2, 0.25) is 0 Å². The van der Waals surface area contributed by atoms with Gasteiger partial charge in [0, 0.05) is 0 Å². The zero-order valence-corrected chi connectivity index (χ0v) is 21.0. The lowest BCUT2D eigenvalue weighted by atomic mass is 9.77. The molecular weight excluding hydrogens is 431 g/mol. The summed E-state index contributed by atoms with van der Waals surface area (Å²) in [6.07, 6.45) is -1.86. The molecule has 3 aromatic rings. The topological polar surface area (TPSA) is 0 Å². The molecule has 0 aromatic heterocycles. The molecule has 3 aromatic carbocycles. The van der Waals surface area contributed by atoms with Gasteiger partial charge in [-0.1, -0.05) is 84.8 Å². The van der Waals surface area contributed by atoms with Crippen LogP contribution in [0.15, 0.2) is 72.8 Å². The van der Waals surface area contributed by atoms with Crippen molar-refractivity contribution >= 4 is 0 Å². The molecule has 0 spiro atoms. The molecule has 1 unspecified atom stereocenters. The van der Waals surface area contributed by atoms with Crippen LogP contribution in [0.4, 0.5) is 13.2 Å². The normalized spacial score (nSPS) is 14.1. The molecule has 3 rings (SSSR count). The molecule has 0 saturated heterocycles. The highest BCUT2D eigenvalue weighted by Gasteiger charge is 2.51. The maximum absolute atomic E-state index is 14.1. The molecular formula is C30H37F3N+. The van der Waals surface area contributed by atoms with Crippen LogP contribution in [0, 0.1) is 6.92 Å². The molecule has 0 radical (unpaired) electrons. The van der Waals surface area contributed by atoms with Crippen molar-refractivity contribution in [2.24, 2.45) is 0 Å². The Morgan fingerprint density at radius 1 is 0.618 bits per heavy atom. The minimum atomic E-state index is -4.29. The second-order valence-electron chi connectivity index (χ2n) is 10.7. The van der Waals surface area contributed by atoms with Gasteiger partial charge in [0.2, 0.25) is 0 Å². The highest BCUT2D eigenvalue weighted by molar-refractivity contribution is 5.70. The molecule has 0 aliphatic rings. The van der Waals surface area contributed by atoms with Crippen LogP contribution in [0.5, 0.6) is 0 Å². The number of hydrogen-bond acceptors (Lipinski definition) is 0.